The van der Waals surface area contributed by atoms with Gasteiger partial charge in [0, 0.05) is 13.0 Å². The number of nitrogens with two attached hydrogens (primary N) is 2. The van der Waals surface area contributed by atoms with Gasteiger partial charge in [-0.3, -0.25) is 14.5 Å². The van der Waals surface area contributed by atoms with Gasteiger partial charge in [0.25, 0.3) is 5.91 Å². The molecule has 188 valence electrons. The van der Waals surface area contributed by atoms with Crippen LogP contribution in [-0.4, -0.2) is 35.1 Å². The third kappa shape index (κ3) is 5.60. The Morgan fingerprint density at radius 1 is 0.946 bits per heavy atom. The second kappa shape index (κ2) is 11.6. The van der Waals surface area contributed by atoms with Crippen LogP contribution in [0.4, 0.5) is 0 Å². The molecule has 0 radical (unpaired) electrons. The first-order chi connectivity index (χ1) is 18.0. The normalized spacial score (nSPS) is 15.2. The van der Waals surface area contributed by atoms with Crippen molar-refractivity contribution in [2.75, 3.05) is 6.54 Å². The van der Waals surface area contributed by atoms with Gasteiger partial charge in [0.05, 0.1) is 17.7 Å². The minimum absolute atomic E-state index is 0.00661. The second-order valence-corrected chi connectivity index (χ2v) is 9.27. The number of benzene rings is 3. The molecule has 0 saturated carbocycles. The summed E-state index contributed by atoms with van der Waals surface area (Å²) in [5.74, 6) is 0.0309. The van der Waals surface area contributed by atoms with E-state index in [2.05, 4.69) is 6.07 Å². The van der Waals surface area contributed by atoms with E-state index >= 15 is 0 Å². The molecule has 0 saturated heterocycles. The number of carbonyl (C=O) groups excluding carboxylic acids is 2. The molecule has 7 nitrogen and oxygen atoms in total. The number of Topliss-reactive ketones (excluding diaryl/α,β-unsaturated/α-hetero) is 1. The van der Waals surface area contributed by atoms with E-state index in [-0.39, 0.29) is 17.6 Å². The molecule has 4 rings (SSSR count). The molecule has 0 aromatic heterocycles. The lowest BCUT2D eigenvalue weighted by Gasteiger charge is -2.27. The van der Waals surface area contributed by atoms with E-state index in [0.29, 0.717) is 37.8 Å². The maximum Gasteiger partial charge on any atom is 0.266 e. The van der Waals surface area contributed by atoms with Crippen molar-refractivity contribution in [3.63, 3.8) is 0 Å². The summed E-state index contributed by atoms with van der Waals surface area (Å²) >= 11 is 0. The Morgan fingerprint density at radius 3 is 2.22 bits per heavy atom. The molecule has 0 unspecified atom stereocenters. The average Bonchev–Trinajstić information content (AvgIpc) is 3.19. The van der Waals surface area contributed by atoms with Gasteiger partial charge in [0.1, 0.15) is 5.78 Å². The van der Waals surface area contributed by atoms with Crippen molar-refractivity contribution in [2.24, 2.45) is 16.5 Å². The molecular formula is C30H31N5O2. The van der Waals surface area contributed by atoms with Crippen LogP contribution in [0.2, 0.25) is 0 Å². The average molecular weight is 494 g/mol. The summed E-state index contributed by atoms with van der Waals surface area (Å²) in [5, 5.41) is 9.04. The molecule has 37 heavy (non-hydrogen) atoms. The van der Waals surface area contributed by atoms with Crippen molar-refractivity contribution < 1.29 is 9.59 Å². The number of amides is 1. The van der Waals surface area contributed by atoms with Crippen molar-refractivity contribution in [3.8, 4) is 6.07 Å². The third-order valence-corrected chi connectivity index (χ3v) is 6.73. The highest BCUT2D eigenvalue weighted by Crippen LogP contribution is 2.39. The Hall–Kier alpha value is -4.28. The SMILES string of the molecule is N#Cc1cccc(C[C@H](N)C(=O)CCCCCN2C(=O)C(c3ccccc3)(c3ccccc3)N=C2N)c1. The van der Waals surface area contributed by atoms with Gasteiger partial charge in [0.15, 0.2) is 11.5 Å². The van der Waals surface area contributed by atoms with Crippen molar-refractivity contribution >= 4 is 17.6 Å². The largest absolute Gasteiger partial charge is 0.369 e. The molecule has 1 aliphatic heterocycles. The van der Waals surface area contributed by atoms with E-state index in [0.717, 1.165) is 23.1 Å². The Kier molecular flexibility index (Phi) is 8.11. The van der Waals surface area contributed by atoms with Gasteiger partial charge in [0.2, 0.25) is 0 Å². The summed E-state index contributed by atoms with van der Waals surface area (Å²) in [7, 11) is 0. The number of hydrogen-bond acceptors (Lipinski definition) is 6. The molecule has 0 aliphatic carbocycles. The monoisotopic (exact) mass is 493 g/mol. The zero-order chi connectivity index (χ0) is 26.3. The van der Waals surface area contributed by atoms with E-state index < -0.39 is 11.6 Å². The zero-order valence-corrected chi connectivity index (χ0v) is 20.7. The molecular weight excluding hydrogens is 462 g/mol. The maximum atomic E-state index is 13.8. The predicted molar refractivity (Wildman–Crippen MR) is 143 cm³/mol. The smallest absolute Gasteiger partial charge is 0.266 e. The molecule has 1 amide bonds. The molecule has 1 aliphatic rings. The first-order valence-corrected chi connectivity index (χ1v) is 12.5. The lowest BCUT2D eigenvalue weighted by molar-refractivity contribution is -0.130. The van der Waals surface area contributed by atoms with Gasteiger partial charge in [-0.1, -0.05) is 79.2 Å². The summed E-state index contributed by atoms with van der Waals surface area (Å²) in [5.41, 5.74) is 14.2. The molecule has 0 fully saturated rings. The van der Waals surface area contributed by atoms with Crippen LogP contribution < -0.4 is 11.5 Å². The zero-order valence-electron chi connectivity index (χ0n) is 20.7. The van der Waals surface area contributed by atoms with E-state index in [1.54, 1.807) is 23.1 Å². The molecule has 1 atom stereocenters. The molecule has 3 aromatic carbocycles. The van der Waals surface area contributed by atoms with Crippen molar-refractivity contribution in [1.82, 2.24) is 4.90 Å². The Bertz CT molecular complexity index is 1280. The van der Waals surface area contributed by atoms with Crippen molar-refractivity contribution in [1.29, 1.82) is 5.26 Å². The first-order valence-electron chi connectivity index (χ1n) is 12.5. The highest BCUT2D eigenvalue weighted by atomic mass is 16.2. The number of nitriles is 1. The van der Waals surface area contributed by atoms with Crippen LogP contribution >= 0.6 is 0 Å². The summed E-state index contributed by atoms with van der Waals surface area (Å²) in [6.07, 6.45) is 2.89. The first kappa shape index (κ1) is 25.8. The standard InChI is InChI=1S/C30H31N5O2/c31-21-23-12-10-11-22(19-23)20-26(32)27(36)17-8-3-9-18-35-28(37)30(34-29(35)33,24-13-4-1-5-14-24)25-15-6-2-7-16-25/h1-2,4-7,10-16,19,26H,3,8-9,17-18,20,32H2,(H2,33,34)/t26-/m0/s1. The molecule has 3 aromatic rings. The third-order valence-electron chi connectivity index (χ3n) is 6.73. The minimum Gasteiger partial charge on any atom is -0.369 e. The highest BCUT2D eigenvalue weighted by molar-refractivity contribution is 6.09. The maximum absolute atomic E-state index is 13.8. The topological polar surface area (TPSA) is 126 Å². The van der Waals surface area contributed by atoms with Crippen molar-refractivity contribution in [2.45, 2.75) is 43.7 Å². The molecule has 4 N–H and O–H groups in total. The number of carbonyl (C=O) groups is 2. The van der Waals surface area contributed by atoms with Gasteiger partial charge in [-0.15, -0.1) is 0 Å². The molecule has 1 heterocycles. The molecule has 0 spiro atoms. The van der Waals surface area contributed by atoms with Crippen LogP contribution in [0.15, 0.2) is 89.9 Å². The van der Waals surface area contributed by atoms with Gasteiger partial charge in [-0.05, 0) is 48.1 Å². The fourth-order valence-electron chi connectivity index (χ4n) is 4.76. The number of ketones is 1. The van der Waals surface area contributed by atoms with Crippen LogP contribution in [0.25, 0.3) is 0 Å². The van der Waals surface area contributed by atoms with Crippen LogP contribution in [0.5, 0.6) is 0 Å². The minimum atomic E-state index is -1.20. The fourth-order valence-corrected chi connectivity index (χ4v) is 4.76. The van der Waals surface area contributed by atoms with E-state index in [1.165, 1.54) is 0 Å². The molecule has 7 heteroatoms. The summed E-state index contributed by atoms with van der Waals surface area (Å²) in [6.45, 7) is 0.427. The number of nitrogens with zero attached hydrogens (tertiary/aromatic N) is 3. The van der Waals surface area contributed by atoms with Gasteiger partial charge in [-0.25, -0.2) is 4.99 Å². The summed E-state index contributed by atoms with van der Waals surface area (Å²) < 4.78 is 0. The van der Waals surface area contributed by atoms with Crippen LogP contribution in [0.3, 0.4) is 0 Å². The number of hydrogen-bond donors (Lipinski definition) is 2. The number of unbranched alkanes of at least 4 members (excludes halogenated alkanes) is 2. The van der Waals surface area contributed by atoms with Crippen LogP contribution in [0, 0.1) is 11.3 Å². The number of guanidine groups is 1. The van der Waals surface area contributed by atoms with Crippen LogP contribution in [0.1, 0.15) is 47.9 Å². The lowest BCUT2D eigenvalue weighted by atomic mass is 9.83. The Morgan fingerprint density at radius 2 is 1.59 bits per heavy atom. The van der Waals surface area contributed by atoms with Crippen LogP contribution in [-0.2, 0) is 21.5 Å². The van der Waals surface area contributed by atoms with Crippen molar-refractivity contribution in [3.05, 3.63) is 107 Å². The Labute approximate surface area is 217 Å². The lowest BCUT2D eigenvalue weighted by Crippen LogP contribution is -2.44. The van der Waals surface area contributed by atoms with Gasteiger partial charge in [-0.2, -0.15) is 5.26 Å². The van der Waals surface area contributed by atoms with E-state index in [9.17, 15) is 9.59 Å². The second-order valence-electron chi connectivity index (χ2n) is 9.27. The van der Waals surface area contributed by atoms with Gasteiger partial charge < -0.3 is 11.5 Å². The summed E-state index contributed by atoms with van der Waals surface area (Å²) in [4.78, 5) is 32.5. The highest BCUT2D eigenvalue weighted by Gasteiger charge is 2.50. The van der Waals surface area contributed by atoms with E-state index in [4.69, 9.17) is 21.7 Å². The quantitative estimate of drug-likeness (QED) is 0.394. The van der Waals surface area contributed by atoms with Gasteiger partial charge >= 0.3 is 0 Å². The Balaban J connectivity index is 1.32. The number of rotatable bonds is 11. The summed E-state index contributed by atoms with van der Waals surface area (Å²) in [6, 6.07) is 27.6. The number of aliphatic imine (C=N–C) groups is 1. The predicted octanol–water partition coefficient (Wildman–Crippen LogP) is 3.66. The fraction of sp³-hybridized carbons (Fsp3) is 0.267. The van der Waals surface area contributed by atoms with E-state index in [1.807, 2.05) is 66.7 Å². The molecule has 0 bridgehead atoms.